The lowest BCUT2D eigenvalue weighted by molar-refractivity contribution is 1.35. The Balaban J connectivity index is 0.000000166. The molecule has 2 aliphatic heterocycles. The number of rotatable bonds is 0. The second-order valence-corrected chi connectivity index (χ2v) is 28.2. The first-order valence-electron chi connectivity index (χ1n) is 34.7. The summed E-state index contributed by atoms with van der Waals surface area (Å²) in [6, 6.07) is 105. The molecular formula is C98H74N4. The predicted molar refractivity (Wildman–Crippen MR) is 428 cm³/mol. The second-order valence-electron chi connectivity index (χ2n) is 28.2. The Kier molecular flexibility index (Phi) is 16.9. The summed E-state index contributed by atoms with van der Waals surface area (Å²) in [5.74, 6) is 0. The third kappa shape index (κ3) is 13.7. The number of nitrogens with zero attached hydrogens (tertiary/aromatic N) is 2. The van der Waals surface area contributed by atoms with Gasteiger partial charge in [-0.1, -0.05) is 72.8 Å². The summed E-state index contributed by atoms with van der Waals surface area (Å²) < 4.78 is 0. The second kappa shape index (κ2) is 26.5. The molecular weight excluding hydrogens is 1230 g/mol. The molecule has 3 aromatic heterocycles. The van der Waals surface area contributed by atoms with Crippen molar-refractivity contribution in [3.05, 3.63) is 333 Å². The molecule has 0 unspecified atom stereocenters. The van der Waals surface area contributed by atoms with Gasteiger partial charge in [-0.15, -0.1) is 0 Å². The first-order chi connectivity index (χ1) is 49.1. The number of nitrogens with one attached hydrogen (secondary N) is 2. The molecule has 0 atom stereocenters. The first kappa shape index (κ1) is 65.2. The molecule has 2 aliphatic rings. The highest BCUT2D eigenvalue weighted by molar-refractivity contribution is 6.11. The van der Waals surface area contributed by atoms with Crippen LogP contribution in [0, 0.1) is 170 Å². The zero-order chi connectivity index (χ0) is 70.8. The minimum Gasteiger partial charge on any atom is -0.354 e. The van der Waals surface area contributed by atoms with Crippen LogP contribution in [-0.4, -0.2) is 19.9 Å². The minimum atomic E-state index is 0.918. The van der Waals surface area contributed by atoms with Crippen molar-refractivity contribution >= 4 is 108 Å². The largest absolute Gasteiger partial charge is 0.354 e. The maximum Gasteiger partial charge on any atom is 0.0737 e. The lowest BCUT2D eigenvalue weighted by Crippen LogP contribution is -1.84. The van der Waals surface area contributed by atoms with Gasteiger partial charge in [-0.25, -0.2) is 9.97 Å². The number of aromatic nitrogens is 4. The van der Waals surface area contributed by atoms with E-state index in [4.69, 9.17) is 9.97 Å². The molecule has 0 fully saturated rings. The van der Waals surface area contributed by atoms with E-state index in [9.17, 15) is 0 Å². The van der Waals surface area contributed by atoms with Crippen molar-refractivity contribution in [1.82, 2.24) is 19.9 Å². The van der Waals surface area contributed by atoms with Crippen LogP contribution in [0.4, 0.5) is 0 Å². The average Bonchev–Trinajstić information content (AvgIpc) is 1.60. The summed E-state index contributed by atoms with van der Waals surface area (Å²) in [7, 11) is 0. The van der Waals surface area contributed by atoms with Crippen molar-refractivity contribution in [3.63, 3.8) is 0 Å². The van der Waals surface area contributed by atoms with Gasteiger partial charge >= 0.3 is 0 Å². The third-order valence-corrected chi connectivity index (χ3v) is 19.5. The van der Waals surface area contributed by atoms with E-state index in [-0.39, 0.29) is 0 Å². The van der Waals surface area contributed by atoms with Crippen LogP contribution in [0.15, 0.2) is 182 Å². The fraction of sp³-hybridized carbons (Fsp3) is 0.143. The zero-order valence-corrected chi connectivity index (χ0v) is 60.2. The number of hydrogen-bond donors (Lipinski definition) is 2. The van der Waals surface area contributed by atoms with E-state index in [2.05, 4.69) is 325 Å². The summed E-state index contributed by atoms with van der Waals surface area (Å²) in [5, 5.41) is 15.8. The van der Waals surface area contributed by atoms with Gasteiger partial charge in [0, 0.05) is 131 Å². The van der Waals surface area contributed by atoms with Crippen molar-refractivity contribution < 1.29 is 0 Å². The van der Waals surface area contributed by atoms with Crippen LogP contribution in [0.25, 0.3) is 153 Å². The fourth-order valence-electron chi connectivity index (χ4n) is 13.9. The minimum absolute atomic E-state index is 0.918. The summed E-state index contributed by atoms with van der Waals surface area (Å²) >= 11 is 0. The van der Waals surface area contributed by atoms with Crippen LogP contribution in [0.3, 0.4) is 0 Å². The van der Waals surface area contributed by atoms with E-state index in [1.807, 2.05) is 36.4 Å². The van der Waals surface area contributed by atoms with E-state index in [0.29, 0.717) is 0 Å². The van der Waals surface area contributed by atoms with Crippen molar-refractivity contribution in [3.8, 4) is 45.0 Å². The molecule has 0 spiro atoms. The Morgan fingerprint density at radius 2 is 0.324 bits per heavy atom. The summed E-state index contributed by atoms with van der Waals surface area (Å²) in [6.45, 7) is 30.0. The van der Waals surface area contributed by atoms with E-state index in [1.165, 1.54) is 88.3 Å². The molecule has 102 heavy (non-hydrogen) atoms. The highest BCUT2D eigenvalue weighted by atomic mass is 14.8. The lowest BCUT2D eigenvalue weighted by atomic mass is 9.97. The molecule has 0 saturated carbocycles. The number of fused-ring (bicyclic) bond motifs is 32. The molecule has 0 aliphatic carbocycles. The Hall–Kier alpha value is -12.8. The van der Waals surface area contributed by atoms with Crippen molar-refractivity contribution in [2.75, 3.05) is 0 Å². The monoisotopic (exact) mass is 1310 g/mol. The van der Waals surface area contributed by atoms with Gasteiger partial charge in [0.1, 0.15) is 0 Å². The SMILES string of the molecule is Cc1cc2c#cc3cc(C)cc(c#cc4cc(C)cc(c#cc5cc(C)cc(c#cc6cc(C)cc(c#cc7cc(C)cc(c#cc(c1)c2)c7)c6)c5)c4)c3.Cc1cc2c(cc1C)-c1cc3[nH]c(cc4nc(cc5[nH]c(cc-2n1)c1cc(C)c(C)cc51)-c1cc(C)c(C)cc1-4)c1cc(C)c(C)cc31. The van der Waals surface area contributed by atoms with E-state index >= 15 is 0 Å². The number of aromatic amines is 2. The van der Waals surface area contributed by atoms with Crippen LogP contribution in [0.2, 0.25) is 0 Å². The van der Waals surface area contributed by atoms with Gasteiger partial charge in [-0.2, -0.15) is 0 Å². The van der Waals surface area contributed by atoms with Gasteiger partial charge < -0.3 is 9.97 Å². The predicted octanol–water partition coefficient (Wildman–Crippen LogP) is 24.9. The molecule has 0 saturated heterocycles. The molecule has 486 valence electrons. The Labute approximate surface area is 599 Å². The van der Waals surface area contributed by atoms with Gasteiger partial charge in [0.25, 0.3) is 0 Å². The van der Waals surface area contributed by atoms with Gasteiger partial charge in [0.2, 0.25) is 0 Å². The van der Waals surface area contributed by atoms with Crippen LogP contribution in [-0.2, 0) is 0 Å². The number of H-pyrrole nitrogens is 2. The van der Waals surface area contributed by atoms with Crippen molar-refractivity contribution in [2.45, 2.75) is 96.9 Å². The molecule has 0 radical (unpaired) electrons. The van der Waals surface area contributed by atoms with Crippen molar-refractivity contribution in [2.24, 2.45) is 0 Å². The van der Waals surface area contributed by atoms with Gasteiger partial charge in [-0.05, 0) is 357 Å². The van der Waals surface area contributed by atoms with Crippen LogP contribution < -0.4 is 0 Å². The van der Waals surface area contributed by atoms with Gasteiger partial charge in [0.05, 0.1) is 22.8 Å². The smallest absolute Gasteiger partial charge is 0.0737 e. The summed E-state index contributed by atoms with van der Waals surface area (Å²) in [6.07, 6.45) is 0. The maximum absolute atomic E-state index is 5.35. The summed E-state index contributed by atoms with van der Waals surface area (Å²) in [5.41, 5.74) is 29.6. The van der Waals surface area contributed by atoms with E-state index < -0.39 is 0 Å². The Bertz CT molecular complexity index is 5370. The lowest BCUT2D eigenvalue weighted by Gasteiger charge is -2.05. The normalized spacial score (nSPS) is 11.0. The Morgan fingerprint density at radius 1 is 0.176 bits per heavy atom. The van der Waals surface area contributed by atoms with E-state index in [1.54, 1.807) is 0 Å². The molecule has 20 bridgehead atoms. The number of aryl methyl sites for hydroxylation is 14. The average molecular weight is 1310 g/mol. The molecule has 2 N–H and O–H groups in total. The third-order valence-electron chi connectivity index (χ3n) is 19.5. The molecule has 0 amide bonds. The quantitative estimate of drug-likeness (QED) is 0.159. The van der Waals surface area contributed by atoms with Crippen LogP contribution in [0.5, 0.6) is 0 Å². The van der Waals surface area contributed by atoms with E-state index in [0.717, 1.165) is 143 Å². The zero-order valence-electron chi connectivity index (χ0n) is 60.2. The molecule has 4 heteroatoms. The number of benzene rings is 10. The molecule has 5 heterocycles. The molecule has 11 aromatic carbocycles. The molecule has 14 aromatic rings. The number of hydrogen-bond acceptors (Lipinski definition) is 2. The first-order valence-corrected chi connectivity index (χ1v) is 34.7. The highest BCUT2D eigenvalue weighted by Gasteiger charge is 2.22. The molecule has 4 nitrogen and oxygen atoms in total. The van der Waals surface area contributed by atoms with Gasteiger partial charge in [0.15, 0.2) is 0 Å². The fourth-order valence-corrected chi connectivity index (χ4v) is 13.9. The standard InChI is InChI=1S/C54H36.C44H38N4/c1-37-19-43-7-9-45-21-38(2)23-47(32-45)11-13-49-25-40(4)27-51(34-49)15-17-53-29-42(6)30-54(36-53)18-16-52-28-41(5)26-50(35-52)14-12-48-24-39(3)22-46(33-48)10-8-44(20-37)31-43;1-21-9-29-30(10-22(21)2)38-18-40-33-13-25(5)26(6)14-34(33)42(47-40)20-44-36-16-28(8)27(7)15-35(36)43(48-44)19-41-32-12-24(4)23(3)11-31(32)39(46-41)17-37(29)45-38/h19-36H,1-6H3;9-20,45,48H,1-8H3. The Morgan fingerprint density at radius 3 is 0.480 bits per heavy atom. The topological polar surface area (TPSA) is 57.4 Å². The van der Waals surface area contributed by atoms with Crippen LogP contribution >= 0.6 is 0 Å². The highest BCUT2D eigenvalue weighted by Crippen LogP contribution is 2.43. The van der Waals surface area contributed by atoms with Crippen LogP contribution in [0.1, 0.15) is 77.9 Å². The summed E-state index contributed by atoms with van der Waals surface area (Å²) in [4.78, 5) is 18.4. The molecule has 16 rings (SSSR count). The maximum atomic E-state index is 5.35. The van der Waals surface area contributed by atoms with Gasteiger partial charge in [-0.3, -0.25) is 0 Å². The van der Waals surface area contributed by atoms with Crippen molar-refractivity contribution in [1.29, 1.82) is 0 Å².